The molecule has 1 aliphatic heterocycles. The molecule has 1 N–H and O–H groups in total. The van der Waals surface area contributed by atoms with E-state index in [1.807, 2.05) is 36.1 Å². The lowest BCUT2D eigenvalue weighted by Gasteiger charge is -2.39. The Morgan fingerprint density at radius 2 is 1.89 bits per heavy atom. The van der Waals surface area contributed by atoms with Crippen LogP contribution in [0.4, 0.5) is 11.4 Å². The molecule has 0 radical (unpaired) electrons. The van der Waals surface area contributed by atoms with Gasteiger partial charge < -0.3 is 15.1 Å². The van der Waals surface area contributed by atoms with Crippen molar-refractivity contribution in [1.29, 1.82) is 0 Å². The minimum Gasteiger partial charge on any atom is -0.365 e. The standard InChI is InChI=1S/C21H23Cl2N3O/c1-14(24-13-15-12-16(22)6-9-18(15)23)21(27)26-11-10-25(17-7-8-17)19-4-2-3-5-20(19)26/h2-6,9,12,14,17,24H,7-8,10-11,13H2,1H3. The highest BCUT2D eigenvalue weighted by molar-refractivity contribution is 6.33. The van der Waals surface area contributed by atoms with Crippen LogP contribution in [0, 0.1) is 0 Å². The van der Waals surface area contributed by atoms with Gasteiger partial charge in [-0.3, -0.25) is 4.79 Å². The van der Waals surface area contributed by atoms with Crippen LogP contribution in [0.15, 0.2) is 42.5 Å². The number of benzene rings is 2. The molecule has 1 aliphatic carbocycles. The van der Waals surface area contributed by atoms with Crippen molar-refractivity contribution in [2.24, 2.45) is 0 Å². The lowest BCUT2D eigenvalue weighted by atomic mass is 10.1. The first-order valence-electron chi connectivity index (χ1n) is 9.39. The molecule has 2 aromatic rings. The van der Waals surface area contributed by atoms with Gasteiger partial charge in [-0.25, -0.2) is 0 Å². The molecule has 0 bridgehead atoms. The maximum Gasteiger partial charge on any atom is 0.243 e. The first-order valence-corrected chi connectivity index (χ1v) is 10.1. The van der Waals surface area contributed by atoms with E-state index in [0.29, 0.717) is 22.6 Å². The topological polar surface area (TPSA) is 35.6 Å². The number of carbonyl (C=O) groups excluding carboxylic acids is 1. The number of nitrogens with one attached hydrogen (secondary N) is 1. The van der Waals surface area contributed by atoms with Gasteiger partial charge >= 0.3 is 0 Å². The van der Waals surface area contributed by atoms with Crippen LogP contribution >= 0.6 is 23.2 Å². The highest BCUT2D eigenvalue weighted by Crippen LogP contribution is 2.40. The number of halogens is 2. The lowest BCUT2D eigenvalue weighted by molar-refractivity contribution is -0.120. The van der Waals surface area contributed by atoms with Crippen molar-refractivity contribution < 1.29 is 4.79 Å². The first-order chi connectivity index (χ1) is 13.0. The number of para-hydroxylation sites is 2. The second kappa shape index (κ2) is 7.70. The zero-order valence-corrected chi connectivity index (χ0v) is 16.8. The smallest absolute Gasteiger partial charge is 0.243 e. The molecule has 6 heteroatoms. The number of carbonyl (C=O) groups is 1. The zero-order chi connectivity index (χ0) is 19.0. The van der Waals surface area contributed by atoms with Gasteiger partial charge in [-0.1, -0.05) is 35.3 Å². The quantitative estimate of drug-likeness (QED) is 0.798. The van der Waals surface area contributed by atoms with Crippen molar-refractivity contribution in [3.63, 3.8) is 0 Å². The Labute approximate surface area is 170 Å². The fraction of sp³-hybridized carbons (Fsp3) is 0.381. The second-order valence-corrected chi connectivity index (χ2v) is 8.09. The Bertz CT molecular complexity index is 853. The molecule has 1 heterocycles. The Balaban J connectivity index is 1.47. The molecule has 1 unspecified atom stereocenters. The molecule has 142 valence electrons. The number of hydrogen-bond acceptors (Lipinski definition) is 3. The largest absolute Gasteiger partial charge is 0.365 e. The SMILES string of the molecule is CC(NCc1cc(Cl)ccc1Cl)C(=O)N1CCN(C2CC2)c2ccccc21. The Hall–Kier alpha value is -1.75. The zero-order valence-electron chi connectivity index (χ0n) is 15.3. The van der Waals surface area contributed by atoms with Crippen LogP contribution in [-0.4, -0.2) is 31.1 Å². The van der Waals surface area contributed by atoms with Crippen LogP contribution < -0.4 is 15.1 Å². The Kier molecular flexibility index (Phi) is 5.31. The number of anilines is 2. The molecule has 27 heavy (non-hydrogen) atoms. The van der Waals surface area contributed by atoms with Crippen molar-refractivity contribution in [2.45, 2.75) is 38.4 Å². The van der Waals surface area contributed by atoms with Crippen LogP contribution in [0.1, 0.15) is 25.3 Å². The van der Waals surface area contributed by atoms with Crippen molar-refractivity contribution >= 4 is 40.5 Å². The summed E-state index contributed by atoms with van der Waals surface area (Å²) in [6.45, 7) is 4.00. The van der Waals surface area contributed by atoms with Crippen LogP contribution in [0.5, 0.6) is 0 Å². The normalized spacial score (nSPS) is 17.6. The molecule has 2 aromatic carbocycles. The molecule has 2 aliphatic rings. The van der Waals surface area contributed by atoms with Gasteiger partial charge in [-0.05, 0) is 55.7 Å². The summed E-state index contributed by atoms with van der Waals surface area (Å²) in [5.74, 6) is 0.0797. The van der Waals surface area contributed by atoms with Crippen molar-refractivity contribution in [1.82, 2.24) is 5.32 Å². The molecule has 4 nitrogen and oxygen atoms in total. The number of rotatable bonds is 5. The van der Waals surface area contributed by atoms with Gasteiger partial charge in [0.15, 0.2) is 0 Å². The van der Waals surface area contributed by atoms with Crippen molar-refractivity contribution in [3.8, 4) is 0 Å². The van der Waals surface area contributed by atoms with Gasteiger partial charge in [0.1, 0.15) is 0 Å². The average Bonchev–Trinajstić information content (AvgIpc) is 3.52. The molecule has 1 amide bonds. The highest BCUT2D eigenvalue weighted by atomic mass is 35.5. The fourth-order valence-corrected chi connectivity index (χ4v) is 4.02. The van der Waals surface area contributed by atoms with Crippen LogP contribution in [0.3, 0.4) is 0 Å². The summed E-state index contributed by atoms with van der Waals surface area (Å²) in [5, 5.41) is 4.58. The summed E-state index contributed by atoms with van der Waals surface area (Å²) < 4.78 is 0. The van der Waals surface area contributed by atoms with E-state index in [1.54, 1.807) is 12.1 Å². The summed E-state index contributed by atoms with van der Waals surface area (Å²) in [6, 6.07) is 13.9. The number of amides is 1. The maximum absolute atomic E-state index is 13.1. The minimum atomic E-state index is -0.319. The van der Waals surface area contributed by atoms with E-state index in [0.717, 1.165) is 24.3 Å². The van der Waals surface area contributed by atoms with Crippen molar-refractivity contribution in [2.75, 3.05) is 22.9 Å². The van der Waals surface area contributed by atoms with Gasteiger partial charge in [-0.15, -0.1) is 0 Å². The van der Waals surface area contributed by atoms with E-state index >= 15 is 0 Å². The van der Waals surface area contributed by atoms with Crippen LogP contribution in [-0.2, 0) is 11.3 Å². The maximum atomic E-state index is 13.1. The van der Waals surface area contributed by atoms with Gasteiger partial charge in [0.05, 0.1) is 17.4 Å². The average molecular weight is 404 g/mol. The minimum absolute atomic E-state index is 0.0797. The molecule has 4 rings (SSSR count). The number of hydrogen-bond donors (Lipinski definition) is 1. The third-order valence-corrected chi connectivity index (χ3v) is 5.88. The van der Waals surface area contributed by atoms with Gasteiger partial charge in [-0.2, -0.15) is 0 Å². The number of nitrogens with zero attached hydrogens (tertiary/aromatic N) is 2. The van der Waals surface area contributed by atoms with E-state index in [4.69, 9.17) is 23.2 Å². The van der Waals surface area contributed by atoms with Gasteiger partial charge in [0.25, 0.3) is 0 Å². The van der Waals surface area contributed by atoms with E-state index in [1.165, 1.54) is 18.5 Å². The molecule has 0 spiro atoms. The van der Waals surface area contributed by atoms with E-state index < -0.39 is 0 Å². The van der Waals surface area contributed by atoms with Crippen molar-refractivity contribution in [3.05, 3.63) is 58.1 Å². The van der Waals surface area contributed by atoms with Gasteiger partial charge in [0, 0.05) is 35.7 Å². The van der Waals surface area contributed by atoms with Crippen LogP contribution in [0.2, 0.25) is 10.0 Å². The monoisotopic (exact) mass is 403 g/mol. The second-order valence-electron chi connectivity index (χ2n) is 7.24. The van der Waals surface area contributed by atoms with Crippen LogP contribution in [0.25, 0.3) is 0 Å². The molecular weight excluding hydrogens is 381 g/mol. The van der Waals surface area contributed by atoms with E-state index in [2.05, 4.69) is 16.3 Å². The third-order valence-electron chi connectivity index (χ3n) is 5.28. The molecule has 1 fully saturated rings. The molecule has 1 atom stereocenters. The third kappa shape index (κ3) is 3.93. The van der Waals surface area contributed by atoms with E-state index in [-0.39, 0.29) is 11.9 Å². The summed E-state index contributed by atoms with van der Waals surface area (Å²) in [5.41, 5.74) is 3.07. The summed E-state index contributed by atoms with van der Waals surface area (Å²) >= 11 is 12.3. The molecule has 0 saturated heterocycles. The lowest BCUT2D eigenvalue weighted by Crippen LogP contribution is -2.50. The van der Waals surface area contributed by atoms with Gasteiger partial charge in [0.2, 0.25) is 5.91 Å². The predicted molar refractivity (Wildman–Crippen MR) is 112 cm³/mol. The highest BCUT2D eigenvalue weighted by Gasteiger charge is 2.36. The number of fused-ring (bicyclic) bond motifs is 1. The summed E-state index contributed by atoms with van der Waals surface area (Å²) in [4.78, 5) is 17.5. The molecule has 0 aromatic heterocycles. The van der Waals surface area contributed by atoms with E-state index in [9.17, 15) is 4.79 Å². The molecule has 1 saturated carbocycles. The summed E-state index contributed by atoms with van der Waals surface area (Å²) in [6.07, 6.45) is 2.50. The molecular formula is C21H23Cl2N3O. The summed E-state index contributed by atoms with van der Waals surface area (Å²) in [7, 11) is 0. The fourth-order valence-electron chi connectivity index (χ4n) is 3.64. The Morgan fingerprint density at radius 1 is 1.15 bits per heavy atom. The predicted octanol–water partition coefficient (Wildman–Crippen LogP) is 4.49. The first kappa shape index (κ1) is 18.6. The Morgan fingerprint density at radius 3 is 2.63 bits per heavy atom.